The van der Waals surface area contributed by atoms with Gasteiger partial charge in [-0.2, -0.15) is 0 Å². The first-order valence-corrected chi connectivity index (χ1v) is 9.92. The van der Waals surface area contributed by atoms with Crippen molar-refractivity contribution in [3.8, 4) is 11.5 Å². The fourth-order valence-electron chi connectivity index (χ4n) is 3.38. The Morgan fingerprint density at radius 2 is 1.76 bits per heavy atom. The molecule has 1 heterocycles. The molecular formula is C23H28N2O4. The number of nitrogens with zero attached hydrogens (tertiary/aromatic N) is 1. The van der Waals surface area contributed by atoms with Crippen LogP contribution in [-0.2, 0) is 16.0 Å². The van der Waals surface area contributed by atoms with Crippen LogP contribution in [0, 0.1) is 13.8 Å². The molecule has 0 radical (unpaired) electrons. The maximum atomic E-state index is 12.4. The molecule has 0 aliphatic carbocycles. The molecule has 2 aromatic rings. The first-order chi connectivity index (χ1) is 13.9. The fourth-order valence-corrected chi connectivity index (χ4v) is 3.38. The van der Waals surface area contributed by atoms with Gasteiger partial charge in [0.1, 0.15) is 17.6 Å². The topological polar surface area (TPSA) is 81.9 Å². The van der Waals surface area contributed by atoms with Crippen molar-refractivity contribution in [2.45, 2.75) is 39.2 Å². The molecule has 1 aliphatic heterocycles. The summed E-state index contributed by atoms with van der Waals surface area (Å²) in [6, 6.07) is 13.3. The Labute approximate surface area is 171 Å². The number of amides is 2. The minimum absolute atomic E-state index is 0.00230. The largest absolute Gasteiger partial charge is 0.490 e. The second-order valence-electron chi connectivity index (χ2n) is 7.54. The normalized spacial score (nSPS) is 14.5. The first-order valence-electron chi connectivity index (χ1n) is 9.92. The first kappa shape index (κ1) is 20.7. The third kappa shape index (κ3) is 5.98. The predicted molar refractivity (Wildman–Crippen MR) is 111 cm³/mol. The predicted octanol–water partition coefficient (Wildman–Crippen LogP) is 2.78. The van der Waals surface area contributed by atoms with Crippen LogP contribution in [0.5, 0.6) is 11.5 Å². The van der Waals surface area contributed by atoms with E-state index >= 15 is 0 Å². The zero-order chi connectivity index (χ0) is 20.8. The quantitative estimate of drug-likeness (QED) is 0.780. The Bertz CT molecular complexity index is 856. The van der Waals surface area contributed by atoms with E-state index in [9.17, 15) is 9.59 Å². The van der Waals surface area contributed by atoms with Gasteiger partial charge in [0.2, 0.25) is 5.91 Å². The second kappa shape index (κ2) is 9.45. The van der Waals surface area contributed by atoms with Crippen LogP contribution in [0.2, 0.25) is 0 Å². The third-order valence-electron chi connectivity index (χ3n) is 5.10. The summed E-state index contributed by atoms with van der Waals surface area (Å²) in [6.07, 6.45) is 1.93. The Morgan fingerprint density at radius 3 is 2.41 bits per heavy atom. The number of primary amides is 1. The standard InChI is InChI=1S/C23H28N2O4/c1-16-3-4-17(2)21(13-16)29-20-9-11-25(12-10-20)23(27)15-28-19-7-5-18(6-8-19)14-22(24)26/h3-8,13,20H,9-12,14-15H2,1-2H3,(H2,24,26). The van der Waals surface area contributed by atoms with E-state index in [4.69, 9.17) is 15.2 Å². The monoisotopic (exact) mass is 396 g/mol. The highest BCUT2D eigenvalue weighted by Crippen LogP contribution is 2.24. The van der Waals surface area contributed by atoms with Crippen LogP contribution in [0.4, 0.5) is 0 Å². The van der Waals surface area contributed by atoms with Gasteiger partial charge >= 0.3 is 0 Å². The molecule has 6 heteroatoms. The number of nitrogens with two attached hydrogens (primary N) is 1. The third-order valence-corrected chi connectivity index (χ3v) is 5.10. The lowest BCUT2D eigenvalue weighted by molar-refractivity contribution is -0.135. The van der Waals surface area contributed by atoms with Gasteiger partial charge in [-0.15, -0.1) is 0 Å². The molecule has 6 nitrogen and oxygen atoms in total. The molecule has 154 valence electrons. The number of carbonyl (C=O) groups excluding carboxylic acids is 2. The van der Waals surface area contributed by atoms with Crippen molar-refractivity contribution in [2.24, 2.45) is 5.73 Å². The Hall–Kier alpha value is -3.02. The van der Waals surface area contributed by atoms with Crippen molar-refractivity contribution < 1.29 is 19.1 Å². The number of hydrogen-bond acceptors (Lipinski definition) is 4. The summed E-state index contributed by atoms with van der Waals surface area (Å²) in [7, 11) is 0. The lowest BCUT2D eigenvalue weighted by atomic mass is 10.1. The molecule has 1 aliphatic rings. The molecule has 0 aromatic heterocycles. The minimum atomic E-state index is -0.376. The highest BCUT2D eigenvalue weighted by molar-refractivity contribution is 5.78. The van der Waals surface area contributed by atoms with Crippen molar-refractivity contribution in [3.63, 3.8) is 0 Å². The van der Waals surface area contributed by atoms with Crippen molar-refractivity contribution >= 4 is 11.8 Å². The lowest BCUT2D eigenvalue weighted by Crippen LogP contribution is -2.43. The number of rotatable bonds is 7. The lowest BCUT2D eigenvalue weighted by Gasteiger charge is -2.32. The van der Waals surface area contributed by atoms with Crippen molar-refractivity contribution in [1.29, 1.82) is 0 Å². The van der Waals surface area contributed by atoms with Gasteiger partial charge in [-0.25, -0.2) is 0 Å². The van der Waals surface area contributed by atoms with E-state index in [0.717, 1.165) is 29.7 Å². The molecule has 1 saturated heterocycles. The molecule has 1 fully saturated rings. The van der Waals surface area contributed by atoms with Crippen molar-refractivity contribution in [2.75, 3.05) is 19.7 Å². The summed E-state index contributed by atoms with van der Waals surface area (Å²) < 4.78 is 11.8. The molecule has 2 aromatic carbocycles. The molecule has 0 unspecified atom stereocenters. The summed E-state index contributed by atoms with van der Waals surface area (Å²) in [6.45, 7) is 5.42. The molecule has 2 amide bonds. The van der Waals surface area contributed by atoms with Gasteiger partial charge in [0.05, 0.1) is 6.42 Å². The second-order valence-corrected chi connectivity index (χ2v) is 7.54. The van der Waals surface area contributed by atoms with E-state index in [-0.39, 0.29) is 30.9 Å². The van der Waals surface area contributed by atoms with Crippen LogP contribution in [0.15, 0.2) is 42.5 Å². The Kier molecular flexibility index (Phi) is 6.75. The van der Waals surface area contributed by atoms with Crippen LogP contribution in [-0.4, -0.2) is 42.5 Å². The van der Waals surface area contributed by atoms with Crippen LogP contribution < -0.4 is 15.2 Å². The molecule has 2 N–H and O–H groups in total. The minimum Gasteiger partial charge on any atom is -0.490 e. The number of carbonyl (C=O) groups is 2. The van der Waals surface area contributed by atoms with Crippen LogP contribution in [0.3, 0.4) is 0 Å². The number of likely N-dealkylation sites (tertiary alicyclic amines) is 1. The average Bonchev–Trinajstić information content (AvgIpc) is 2.70. The number of hydrogen-bond donors (Lipinski definition) is 1. The number of benzene rings is 2. The average molecular weight is 396 g/mol. The highest BCUT2D eigenvalue weighted by Gasteiger charge is 2.24. The zero-order valence-electron chi connectivity index (χ0n) is 17.0. The van der Waals surface area contributed by atoms with Crippen molar-refractivity contribution in [3.05, 3.63) is 59.2 Å². The van der Waals surface area contributed by atoms with Crippen LogP contribution in [0.1, 0.15) is 29.5 Å². The van der Waals surface area contributed by atoms with Crippen LogP contribution >= 0.6 is 0 Å². The summed E-state index contributed by atoms with van der Waals surface area (Å²) in [4.78, 5) is 25.2. The van der Waals surface area contributed by atoms with E-state index in [2.05, 4.69) is 25.1 Å². The molecule has 0 spiro atoms. The molecule has 0 atom stereocenters. The number of aryl methyl sites for hydroxylation is 2. The van der Waals surface area contributed by atoms with E-state index < -0.39 is 0 Å². The van der Waals surface area contributed by atoms with E-state index in [1.807, 2.05) is 11.8 Å². The fraction of sp³-hybridized carbons (Fsp3) is 0.391. The molecule has 3 rings (SSSR count). The van der Waals surface area contributed by atoms with Gasteiger partial charge in [0.25, 0.3) is 5.91 Å². The van der Waals surface area contributed by atoms with E-state index in [1.54, 1.807) is 24.3 Å². The van der Waals surface area contributed by atoms with E-state index in [0.29, 0.717) is 18.8 Å². The molecule has 0 bridgehead atoms. The smallest absolute Gasteiger partial charge is 0.260 e. The van der Waals surface area contributed by atoms with Gasteiger partial charge in [-0.05, 0) is 48.7 Å². The van der Waals surface area contributed by atoms with Gasteiger partial charge in [0, 0.05) is 25.9 Å². The van der Waals surface area contributed by atoms with Crippen molar-refractivity contribution in [1.82, 2.24) is 4.90 Å². The maximum absolute atomic E-state index is 12.4. The molecule has 29 heavy (non-hydrogen) atoms. The molecule has 0 saturated carbocycles. The van der Waals surface area contributed by atoms with Gasteiger partial charge in [-0.3, -0.25) is 9.59 Å². The Balaban J connectivity index is 1.44. The van der Waals surface area contributed by atoms with Gasteiger partial charge in [0.15, 0.2) is 6.61 Å². The number of ether oxygens (including phenoxy) is 2. The SMILES string of the molecule is Cc1ccc(C)c(OC2CCN(C(=O)COc3ccc(CC(N)=O)cc3)CC2)c1. The van der Waals surface area contributed by atoms with Gasteiger partial charge < -0.3 is 20.1 Å². The zero-order valence-corrected chi connectivity index (χ0v) is 17.0. The maximum Gasteiger partial charge on any atom is 0.260 e. The summed E-state index contributed by atoms with van der Waals surface area (Å²) in [5.74, 6) is 1.12. The van der Waals surface area contributed by atoms with E-state index in [1.165, 1.54) is 5.56 Å². The molecular weight excluding hydrogens is 368 g/mol. The highest BCUT2D eigenvalue weighted by atomic mass is 16.5. The summed E-state index contributed by atoms with van der Waals surface area (Å²) in [5.41, 5.74) is 8.31. The van der Waals surface area contributed by atoms with Gasteiger partial charge in [-0.1, -0.05) is 24.3 Å². The summed E-state index contributed by atoms with van der Waals surface area (Å²) in [5, 5.41) is 0. The summed E-state index contributed by atoms with van der Waals surface area (Å²) >= 11 is 0. The Morgan fingerprint density at radius 1 is 1.07 bits per heavy atom. The number of piperidine rings is 1. The van der Waals surface area contributed by atoms with Crippen LogP contribution in [0.25, 0.3) is 0 Å².